The molecule has 0 saturated carbocycles. The first-order valence-electron chi connectivity index (χ1n) is 9.66. The monoisotopic (exact) mass is 487 g/mol. The maximum Gasteiger partial charge on any atom is 0.257 e. The summed E-state index contributed by atoms with van der Waals surface area (Å²) in [5, 5.41) is 25.4. The number of pyridine rings is 1. The zero-order valence-corrected chi connectivity index (χ0v) is 20.5. The molecular formula is C20H28N7O2Y-. The third kappa shape index (κ3) is 7.13. The van der Waals surface area contributed by atoms with E-state index in [9.17, 15) is 4.79 Å². The minimum absolute atomic E-state index is 0. The Morgan fingerprint density at radius 2 is 2.10 bits per heavy atom. The van der Waals surface area contributed by atoms with Crippen LogP contribution in [0, 0.1) is 11.3 Å². The first-order chi connectivity index (χ1) is 13.9. The Kier molecular flexibility index (Phi) is 11.1. The van der Waals surface area contributed by atoms with E-state index in [-0.39, 0.29) is 56.1 Å². The molecule has 3 heterocycles. The third-order valence-corrected chi connectivity index (χ3v) is 4.34. The van der Waals surface area contributed by atoms with E-state index in [1.54, 1.807) is 19.9 Å². The number of hydrogen-bond donors (Lipinski definition) is 3. The third-order valence-electron chi connectivity index (χ3n) is 4.34. The Morgan fingerprint density at radius 3 is 2.73 bits per heavy atom. The van der Waals surface area contributed by atoms with Crippen molar-refractivity contribution in [3.05, 3.63) is 45.3 Å². The molecule has 159 valence electrons. The maximum absolute atomic E-state index is 12.4. The van der Waals surface area contributed by atoms with Gasteiger partial charge in [-0.3, -0.25) is 14.2 Å². The zero-order valence-electron chi connectivity index (χ0n) is 17.7. The number of nitrogens with zero attached hydrogens (tertiary/aromatic N) is 5. The summed E-state index contributed by atoms with van der Waals surface area (Å²) in [5.74, 6) is 5.58. The van der Waals surface area contributed by atoms with Crippen molar-refractivity contribution in [3.63, 3.8) is 0 Å². The number of H-pyrrole nitrogens is 1. The van der Waals surface area contributed by atoms with Crippen molar-refractivity contribution in [2.45, 2.75) is 52.2 Å². The molecule has 0 aromatic carbocycles. The molecule has 1 atom stereocenters. The van der Waals surface area contributed by atoms with Gasteiger partial charge in [-0.15, -0.1) is 13.1 Å². The molecule has 0 amide bonds. The number of aliphatic imine (C=N–C) groups is 1. The molecule has 9 nitrogen and oxygen atoms in total. The van der Waals surface area contributed by atoms with Crippen LogP contribution in [0.15, 0.2) is 33.2 Å². The fourth-order valence-electron chi connectivity index (χ4n) is 3.13. The molecule has 1 fully saturated rings. The summed E-state index contributed by atoms with van der Waals surface area (Å²) in [6.07, 6.45) is 4.26. The van der Waals surface area contributed by atoms with Crippen LogP contribution in [0.5, 0.6) is 0 Å². The molecule has 1 saturated heterocycles. The predicted molar refractivity (Wildman–Crippen MR) is 115 cm³/mol. The Labute approximate surface area is 201 Å². The second-order valence-electron chi connectivity index (χ2n) is 7.13. The van der Waals surface area contributed by atoms with Crippen molar-refractivity contribution in [2.75, 3.05) is 13.1 Å². The van der Waals surface area contributed by atoms with Crippen molar-refractivity contribution < 1.29 is 37.8 Å². The molecule has 1 radical (unpaired) electrons. The van der Waals surface area contributed by atoms with Gasteiger partial charge in [-0.25, -0.2) is 0 Å². The molecular weight excluding hydrogens is 459 g/mol. The fraction of sp³-hybridized carbons (Fsp3) is 0.500. The summed E-state index contributed by atoms with van der Waals surface area (Å²) in [5.41, 5.74) is 2.22. The summed E-state index contributed by atoms with van der Waals surface area (Å²) >= 11 is 0. The van der Waals surface area contributed by atoms with E-state index >= 15 is 0 Å². The molecule has 0 aliphatic carbocycles. The minimum atomic E-state index is -0.312. The number of nitrogens with two attached hydrogens (primary N) is 1. The number of aliphatic hydroxyl groups excluding tert-OH is 1. The molecule has 4 N–H and O–H groups in total. The van der Waals surface area contributed by atoms with Crippen molar-refractivity contribution >= 4 is 17.1 Å². The summed E-state index contributed by atoms with van der Waals surface area (Å²) in [6, 6.07) is 5.35. The van der Waals surface area contributed by atoms with Gasteiger partial charge in [0.05, 0.1) is 5.71 Å². The van der Waals surface area contributed by atoms with Crippen LogP contribution in [0.3, 0.4) is 0 Å². The van der Waals surface area contributed by atoms with Crippen LogP contribution in [0.1, 0.15) is 51.3 Å². The van der Waals surface area contributed by atoms with Gasteiger partial charge < -0.3 is 21.2 Å². The van der Waals surface area contributed by atoms with E-state index in [4.69, 9.17) is 21.2 Å². The average molecular weight is 487 g/mol. The first kappa shape index (κ1) is 26.2. The van der Waals surface area contributed by atoms with E-state index in [1.807, 2.05) is 13.0 Å². The van der Waals surface area contributed by atoms with Gasteiger partial charge in [-0.2, -0.15) is 10.4 Å². The van der Waals surface area contributed by atoms with Gasteiger partial charge in [0, 0.05) is 62.7 Å². The van der Waals surface area contributed by atoms with Gasteiger partial charge in [-0.05, 0) is 39.7 Å². The minimum Gasteiger partial charge on any atom is -0.662 e. The Balaban J connectivity index is 0.000000827. The van der Waals surface area contributed by atoms with Crippen LogP contribution < -0.4 is 11.4 Å². The number of imidazole rings is 1. The molecule has 3 rings (SSSR count). The maximum atomic E-state index is 12.4. The van der Waals surface area contributed by atoms with Gasteiger partial charge in [0.2, 0.25) is 0 Å². The van der Waals surface area contributed by atoms with Gasteiger partial charge in [0.15, 0.2) is 0 Å². The number of hydrazone groups is 1. The SMILES string of the molecule is CC(=NC1CCC[N-]CC1)/C(=N\N)c1cc(=O)n2c(C#N)c[nH]c2c1.CC(C)O.[Y]. The number of aliphatic hydroxyl groups is 1. The molecule has 2 aromatic heterocycles. The molecule has 2 aromatic rings. The Morgan fingerprint density at radius 1 is 1.40 bits per heavy atom. The molecule has 0 spiro atoms. The predicted octanol–water partition coefficient (Wildman–Crippen LogP) is 1.93. The standard InChI is InChI=1S/C17H20N7O.C3H8O.Y/c1-11(22-13-3-2-5-20-6-4-13)17(23-19)12-7-15-21-10-14(9-18)24(15)16(25)8-12;1-3(2)4;/h7-8,10,13,21H,2-6,19H2,1H3;3-4H,1-2H3;/q-1;;/b22-11?,23-17+;;. The molecule has 30 heavy (non-hydrogen) atoms. The number of nitrogens with one attached hydrogen (secondary N) is 1. The van der Waals surface area contributed by atoms with Crippen LogP contribution >= 0.6 is 0 Å². The summed E-state index contributed by atoms with van der Waals surface area (Å²) in [7, 11) is 0. The van der Waals surface area contributed by atoms with Crippen LogP contribution in [0.2, 0.25) is 0 Å². The number of aromatic nitrogens is 2. The molecule has 1 aliphatic rings. The smallest absolute Gasteiger partial charge is 0.257 e. The van der Waals surface area contributed by atoms with Crippen molar-refractivity contribution in [1.29, 1.82) is 5.26 Å². The first-order valence-corrected chi connectivity index (χ1v) is 9.66. The largest absolute Gasteiger partial charge is 0.662 e. The van der Waals surface area contributed by atoms with E-state index in [0.29, 0.717) is 22.6 Å². The number of hydrogen-bond acceptors (Lipinski definition) is 6. The normalized spacial score (nSPS) is 17.5. The number of aromatic amines is 1. The van der Waals surface area contributed by atoms with Gasteiger partial charge in [0.25, 0.3) is 5.56 Å². The van der Waals surface area contributed by atoms with E-state index in [1.165, 1.54) is 16.7 Å². The van der Waals surface area contributed by atoms with E-state index in [2.05, 4.69) is 15.4 Å². The topological polar surface area (TPSA) is 146 Å². The fourth-order valence-corrected chi connectivity index (χ4v) is 3.13. The Bertz CT molecular complexity index is 974. The molecule has 0 bridgehead atoms. The molecule has 10 heteroatoms. The van der Waals surface area contributed by atoms with Crippen LogP contribution in [0.25, 0.3) is 11.0 Å². The molecule has 1 unspecified atom stereocenters. The second-order valence-corrected chi connectivity index (χ2v) is 7.13. The van der Waals surface area contributed by atoms with Gasteiger partial charge in [0.1, 0.15) is 23.1 Å². The summed E-state index contributed by atoms with van der Waals surface area (Å²) < 4.78 is 1.32. The van der Waals surface area contributed by atoms with Crippen molar-refractivity contribution in [1.82, 2.24) is 9.38 Å². The zero-order chi connectivity index (χ0) is 21.4. The van der Waals surface area contributed by atoms with Crippen molar-refractivity contribution in [2.24, 2.45) is 15.9 Å². The van der Waals surface area contributed by atoms with Gasteiger partial charge >= 0.3 is 0 Å². The summed E-state index contributed by atoms with van der Waals surface area (Å²) in [6.45, 7) is 7.01. The Hall–Kier alpha value is -1.86. The van der Waals surface area contributed by atoms with E-state index < -0.39 is 0 Å². The quantitative estimate of drug-likeness (QED) is 0.345. The van der Waals surface area contributed by atoms with Crippen LogP contribution in [-0.2, 0) is 32.7 Å². The van der Waals surface area contributed by atoms with Crippen LogP contribution in [-0.4, -0.2) is 51.1 Å². The van der Waals surface area contributed by atoms with Crippen molar-refractivity contribution in [3.8, 4) is 6.07 Å². The van der Waals surface area contributed by atoms with Crippen LogP contribution in [0.4, 0.5) is 0 Å². The second kappa shape index (κ2) is 12.8. The number of fused-ring (bicyclic) bond motifs is 1. The van der Waals surface area contributed by atoms with Gasteiger partial charge in [-0.1, -0.05) is 6.42 Å². The number of nitriles is 1. The average Bonchev–Trinajstić information content (AvgIpc) is 2.91. The summed E-state index contributed by atoms with van der Waals surface area (Å²) in [4.78, 5) is 20.0. The molecule has 1 aliphatic heterocycles. The number of rotatable bonds is 3. The van der Waals surface area contributed by atoms with E-state index in [0.717, 1.165) is 32.4 Å².